The Labute approximate surface area is 205 Å². The van der Waals surface area contributed by atoms with E-state index in [0.717, 1.165) is 55.6 Å². The van der Waals surface area contributed by atoms with E-state index >= 15 is 0 Å². The quantitative estimate of drug-likeness (QED) is 0.273. The van der Waals surface area contributed by atoms with Crippen LogP contribution in [-0.2, 0) is 11.3 Å². The van der Waals surface area contributed by atoms with Gasteiger partial charge in [0.15, 0.2) is 16.6 Å². The van der Waals surface area contributed by atoms with Crippen molar-refractivity contribution in [2.75, 3.05) is 58.6 Å². The monoisotopic (exact) mass is 485 g/mol. The van der Waals surface area contributed by atoms with Crippen LogP contribution in [-0.4, -0.2) is 84.1 Å². The number of anilines is 1. The average Bonchev–Trinajstić information content (AvgIpc) is 3.27. The maximum Gasteiger partial charge on any atom is 0.231 e. The van der Waals surface area contributed by atoms with Gasteiger partial charge in [0.05, 0.1) is 6.61 Å². The van der Waals surface area contributed by atoms with Crippen LogP contribution in [0, 0.1) is 13.8 Å². The fraction of sp³-hybridized carbons (Fsp3) is 0.478. The number of rotatable bonds is 6. The van der Waals surface area contributed by atoms with E-state index < -0.39 is 0 Å². The Morgan fingerprint density at radius 2 is 1.82 bits per heavy atom. The Morgan fingerprint density at radius 1 is 1.09 bits per heavy atom. The summed E-state index contributed by atoms with van der Waals surface area (Å²) in [6.45, 7) is 9.53. The molecule has 4 rings (SSSR count). The third kappa shape index (κ3) is 6.52. The van der Waals surface area contributed by atoms with Gasteiger partial charge in [-0.05, 0) is 49.8 Å². The second-order valence-electron chi connectivity index (χ2n) is 8.21. The topological polar surface area (TPSA) is 96.4 Å². The number of hydrogen-bond donors (Lipinski definition) is 2. The van der Waals surface area contributed by atoms with Crippen LogP contribution in [0.5, 0.6) is 11.5 Å². The standard InChI is InChI=1S/C23H31N7O3S/c1-16-12-17(2)26-21(25-16)27-22(28-23(34)24-6-11-31-3)30-9-7-29(8-10-30)14-18-4-5-19-20(13-18)33-15-32-19/h4-5,12-13H,6-11,14-15H2,1-3H3,(H2,24,25,26,27,28,34). The predicted octanol–water partition coefficient (Wildman–Crippen LogP) is 1.93. The van der Waals surface area contributed by atoms with Gasteiger partial charge in [0.1, 0.15) is 0 Å². The molecular formula is C23H31N7O3S. The number of aliphatic imine (C=N–C) groups is 1. The summed E-state index contributed by atoms with van der Waals surface area (Å²) in [5.74, 6) is 2.78. The minimum absolute atomic E-state index is 0.291. The van der Waals surface area contributed by atoms with Crippen LogP contribution < -0.4 is 20.1 Å². The number of nitrogens with zero attached hydrogens (tertiary/aromatic N) is 5. The van der Waals surface area contributed by atoms with Gasteiger partial charge in [0, 0.05) is 57.8 Å². The van der Waals surface area contributed by atoms with E-state index in [4.69, 9.17) is 26.4 Å². The second-order valence-corrected chi connectivity index (χ2v) is 8.60. The molecule has 0 spiro atoms. The van der Waals surface area contributed by atoms with Crippen LogP contribution in [0.3, 0.4) is 0 Å². The summed E-state index contributed by atoms with van der Waals surface area (Å²) < 4.78 is 16.0. The normalized spacial score (nSPS) is 16.0. The summed E-state index contributed by atoms with van der Waals surface area (Å²) in [5.41, 5.74) is 2.99. The highest BCUT2D eigenvalue weighted by Gasteiger charge is 2.22. The van der Waals surface area contributed by atoms with Crippen LogP contribution in [0.4, 0.5) is 5.95 Å². The summed E-state index contributed by atoms with van der Waals surface area (Å²) in [6.07, 6.45) is 0. The average molecular weight is 486 g/mol. The minimum Gasteiger partial charge on any atom is -0.454 e. The number of piperazine rings is 1. The number of guanidine groups is 1. The van der Waals surface area contributed by atoms with E-state index in [9.17, 15) is 0 Å². The number of aryl methyl sites for hydroxylation is 2. The molecule has 1 saturated heterocycles. The Kier molecular flexibility index (Phi) is 8.09. The molecule has 3 heterocycles. The maximum absolute atomic E-state index is 5.51. The molecule has 0 bridgehead atoms. The largest absolute Gasteiger partial charge is 0.454 e. The first-order valence-electron chi connectivity index (χ1n) is 11.3. The molecule has 0 amide bonds. The van der Waals surface area contributed by atoms with E-state index in [2.05, 4.69) is 47.5 Å². The number of methoxy groups -OCH3 is 1. The SMILES string of the molecule is COCCNC(=S)/N=C(/Nc1nc(C)cc(C)n1)N1CCN(Cc2ccc3c(c2)OCO3)CC1. The van der Waals surface area contributed by atoms with Gasteiger partial charge in [-0.2, -0.15) is 4.99 Å². The van der Waals surface area contributed by atoms with Crippen molar-refractivity contribution in [2.24, 2.45) is 4.99 Å². The van der Waals surface area contributed by atoms with Crippen LogP contribution in [0.2, 0.25) is 0 Å². The van der Waals surface area contributed by atoms with Crippen molar-refractivity contribution in [1.82, 2.24) is 25.1 Å². The summed E-state index contributed by atoms with van der Waals surface area (Å²) in [7, 11) is 1.65. The van der Waals surface area contributed by atoms with Crippen molar-refractivity contribution in [3.8, 4) is 11.5 Å². The number of nitrogens with one attached hydrogen (secondary N) is 2. The Hall–Kier alpha value is -3.02. The number of hydrogen-bond acceptors (Lipinski definition) is 7. The fourth-order valence-corrected chi connectivity index (χ4v) is 4.06. The van der Waals surface area contributed by atoms with Gasteiger partial charge in [-0.25, -0.2) is 9.97 Å². The van der Waals surface area contributed by atoms with Gasteiger partial charge in [-0.3, -0.25) is 10.2 Å². The first-order chi connectivity index (χ1) is 16.5. The number of aromatic nitrogens is 2. The third-order valence-electron chi connectivity index (χ3n) is 5.51. The van der Waals surface area contributed by atoms with Gasteiger partial charge < -0.3 is 24.4 Å². The molecule has 2 aliphatic rings. The van der Waals surface area contributed by atoms with Crippen LogP contribution >= 0.6 is 12.2 Å². The van der Waals surface area contributed by atoms with Gasteiger partial charge >= 0.3 is 0 Å². The summed E-state index contributed by atoms with van der Waals surface area (Å²) >= 11 is 5.44. The highest BCUT2D eigenvalue weighted by Crippen LogP contribution is 2.32. The third-order valence-corrected chi connectivity index (χ3v) is 5.75. The zero-order valence-electron chi connectivity index (χ0n) is 19.8. The Morgan fingerprint density at radius 3 is 2.56 bits per heavy atom. The lowest BCUT2D eigenvalue weighted by atomic mass is 10.1. The number of fused-ring (bicyclic) bond motifs is 1. The lowest BCUT2D eigenvalue weighted by Crippen LogP contribution is -2.50. The molecule has 0 atom stereocenters. The molecule has 1 aromatic heterocycles. The molecule has 2 aromatic rings. The van der Waals surface area contributed by atoms with Crippen molar-refractivity contribution >= 4 is 29.2 Å². The Balaban J connectivity index is 1.41. The predicted molar refractivity (Wildman–Crippen MR) is 134 cm³/mol. The van der Waals surface area contributed by atoms with Crippen molar-refractivity contribution in [3.63, 3.8) is 0 Å². The van der Waals surface area contributed by atoms with Crippen molar-refractivity contribution < 1.29 is 14.2 Å². The smallest absolute Gasteiger partial charge is 0.231 e. The van der Waals surface area contributed by atoms with E-state index in [1.165, 1.54) is 5.56 Å². The first kappa shape index (κ1) is 24.1. The molecule has 0 aliphatic carbocycles. The number of ether oxygens (including phenoxy) is 3. The molecule has 0 saturated carbocycles. The summed E-state index contributed by atoms with van der Waals surface area (Å²) in [4.78, 5) is 18.2. The van der Waals surface area contributed by atoms with Crippen LogP contribution in [0.25, 0.3) is 0 Å². The molecule has 34 heavy (non-hydrogen) atoms. The second kappa shape index (κ2) is 11.4. The lowest BCUT2D eigenvalue weighted by molar-refractivity contribution is 0.172. The summed E-state index contributed by atoms with van der Waals surface area (Å²) in [5, 5.41) is 6.79. The van der Waals surface area contributed by atoms with E-state index in [0.29, 0.717) is 37.0 Å². The molecule has 11 heteroatoms. The zero-order valence-corrected chi connectivity index (χ0v) is 20.7. The van der Waals surface area contributed by atoms with Gasteiger partial charge in [-0.15, -0.1) is 0 Å². The molecule has 2 aliphatic heterocycles. The van der Waals surface area contributed by atoms with E-state index in [1.807, 2.05) is 26.0 Å². The summed E-state index contributed by atoms with van der Waals surface area (Å²) in [6, 6.07) is 8.07. The molecule has 1 fully saturated rings. The van der Waals surface area contributed by atoms with E-state index in [-0.39, 0.29) is 0 Å². The zero-order chi connectivity index (χ0) is 23.9. The fourth-order valence-electron chi connectivity index (χ4n) is 3.87. The van der Waals surface area contributed by atoms with Crippen molar-refractivity contribution in [1.29, 1.82) is 0 Å². The number of thiocarbonyl (C=S) groups is 1. The van der Waals surface area contributed by atoms with Gasteiger partial charge in [0.25, 0.3) is 0 Å². The molecule has 182 valence electrons. The lowest BCUT2D eigenvalue weighted by Gasteiger charge is -2.36. The van der Waals surface area contributed by atoms with Crippen LogP contribution in [0.1, 0.15) is 17.0 Å². The molecule has 1 aromatic carbocycles. The van der Waals surface area contributed by atoms with Gasteiger partial charge in [-0.1, -0.05) is 6.07 Å². The van der Waals surface area contributed by atoms with Crippen molar-refractivity contribution in [2.45, 2.75) is 20.4 Å². The minimum atomic E-state index is 0.291. The van der Waals surface area contributed by atoms with Crippen LogP contribution in [0.15, 0.2) is 29.3 Å². The highest BCUT2D eigenvalue weighted by molar-refractivity contribution is 7.80. The van der Waals surface area contributed by atoms with E-state index in [1.54, 1.807) is 7.11 Å². The molecule has 10 nitrogen and oxygen atoms in total. The van der Waals surface area contributed by atoms with Crippen molar-refractivity contribution in [3.05, 3.63) is 41.2 Å². The Bertz CT molecular complexity index is 1020. The number of benzene rings is 1. The molecule has 2 N–H and O–H groups in total. The highest BCUT2D eigenvalue weighted by atomic mass is 32.1. The van der Waals surface area contributed by atoms with Gasteiger partial charge in [0.2, 0.25) is 18.7 Å². The molecule has 0 radical (unpaired) electrons. The molecular weight excluding hydrogens is 454 g/mol. The maximum atomic E-state index is 5.51. The first-order valence-corrected chi connectivity index (χ1v) is 11.7. The molecule has 0 unspecified atom stereocenters.